The van der Waals surface area contributed by atoms with Crippen molar-refractivity contribution < 1.29 is 9.59 Å². The highest BCUT2D eigenvalue weighted by atomic mass is 35.5. The highest BCUT2D eigenvalue weighted by Crippen LogP contribution is 2.17. The summed E-state index contributed by atoms with van der Waals surface area (Å²) in [4.78, 5) is 24.4. The van der Waals surface area contributed by atoms with E-state index in [4.69, 9.17) is 5.73 Å². The number of halogens is 1. The van der Waals surface area contributed by atoms with Gasteiger partial charge in [-0.05, 0) is 19.1 Å². The second-order valence-corrected chi connectivity index (χ2v) is 4.85. The molecule has 0 fully saturated rings. The molecule has 0 bridgehead atoms. The molecular formula is C15H20ClN5O2. The zero-order valence-corrected chi connectivity index (χ0v) is 13.8. The van der Waals surface area contributed by atoms with Crippen molar-refractivity contribution in [1.29, 1.82) is 0 Å². The van der Waals surface area contributed by atoms with Crippen LogP contribution in [0, 0.1) is 6.92 Å². The predicted octanol–water partition coefficient (Wildman–Crippen LogP) is 1.09. The van der Waals surface area contributed by atoms with E-state index in [1.807, 2.05) is 0 Å². The lowest BCUT2D eigenvalue weighted by molar-refractivity contribution is 0.0955. The van der Waals surface area contributed by atoms with Crippen LogP contribution in [0.1, 0.15) is 26.4 Å². The van der Waals surface area contributed by atoms with Gasteiger partial charge < -0.3 is 16.4 Å². The number of hydrogen-bond donors (Lipinski definition) is 3. The van der Waals surface area contributed by atoms with Crippen LogP contribution in [-0.4, -0.2) is 34.7 Å². The molecule has 0 atom stereocenters. The Morgan fingerprint density at radius 3 is 2.52 bits per heavy atom. The number of carbonyl (C=O) groups excluding carboxylic acids is 2. The Balaban J connectivity index is 0.00000264. The summed E-state index contributed by atoms with van der Waals surface area (Å²) in [6.45, 7) is 2.49. The number of nitrogens with one attached hydrogen (secondary N) is 2. The summed E-state index contributed by atoms with van der Waals surface area (Å²) in [7, 11) is 1.75. The van der Waals surface area contributed by atoms with Crippen LogP contribution < -0.4 is 16.4 Å². The maximum absolute atomic E-state index is 12.3. The molecule has 0 radical (unpaired) electrons. The Morgan fingerprint density at radius 2 is 1.91 bits per heavy atom. The minimum atomic E-state index is -0.301. The second-order valence-electron chi connectivity index (χ2n) is 4.85. The van der Waals surface area contributed by atoms with Crippen LogP contribution in [0.5, 0.6) is 0 Å². The minimum absolute atomic E-state index is 0. The number of carbonyl (C=O) groups is 2. The first-order valence-electron chi connectivity index (χ1n) is 6.92. The predicted molar refractivity (Wildman–Crippen MR) is 91.0 cm³/mol. The SMILES string of the molecule is Cc1nn(C)cc1C(=O)Nc1ccccc1C(=O)NCCN.Cl. The van der Waals surface area contributed by atoms with E-state index in [1.165, 1.54) is 0 Å². The van der Waals surface area contributed by atoms with Crippen LogP contribution >= 0.6 is 12.4 Å². The molecule has 4 N–H and O–H groups in total. The van der Waals surface area contributed by atoms with Crippen molar-refractivity contribution in [2.24, 2.45) is 12.8 Å². The first kappa shape index (κ1) is 18.7. The summed E-state index contributed by atoms with van der Waals surface area (Å²) in [5, 5.41) is 9.57. The third kappa shape index (κ3) is 4.54. The Kier molecular flexibility index (Phi) is 6.74. The van der Waals surface area contributed by atoms with Gasteiger partial charge in [-0.1, -0.05) is 12.1 Å². The lowest BCUT2D eigenvalue weighted by Crippen LogP contribution is -2.30. The Labute approximate surface area is 140 Å². The first-order valence-corrected chi connectivity index (χ1v) is 6.92. The molecule has 1 aromatic heterocycles. The Bertz CT molecular complexity index is 699. The van der Waals surface area contributed by atoms with Crippen molar-refractivity contribution >= 4 is 29.9 Å². The molecule has 1 aromatic carbocycles. The summed E-state index contributed by atoms with van der Waals surface area (Å²) in [5.41, 5.74) is 7.32. The molecule has 0 aliphatic carbocycles. The number of aromatic nitrogens is 2. The fourth-order valence-corrected chi connectivity index (χ4v) is 2.08. The number of aryl methyl sites for hydroxylation is 2. The van der Waals surface area contributed by atoms with Crippen molar-refractivity contribution in [2.45, 2.75) is 6.92 Å². The standard InChI is InChI=1S/C15H19N5O2.ClH/c1-10-12(9-20(2)19-10)15(22)18-13-6-4-3-5-11(13)14(21)17-8-7-16;/h3-6,9H,7-8,16H2,1-2H3,(H,17,21)(H,18,22);1H. The molecule has 0 spiro atoms. The van der Waals surface area contributed by atoms with Crippen LogP contribution in [0.25, 0.3) is 0 Å². The molecule has 0 unspecified atom stereocenters. The van der Waals surface area contributed by atoms with Crippen LogP contribution in [-0.2, 0) is 7.05 Å². The number of benzene rings is 1. The molecule has 8 heteroatoms. The van der Waals surface area contributed by atoms with Gasteiger partial charge in [-0.15, -0.1) is 12.4 Å². The van der Waals surface area contributed by atoms with Gasteiger partial charge in [-0.2, -0.15) is 5.10 Å². The van der Waals surface area contributed by atoms with Gasteiger partial charge in [0.15, 0.2) is 0 Å². The zero-order chi connectivity index (χ0) is 16.1. The molecule has 0 saturated heterocycles. The summed E-state index contributed by atoms with van der Waals surface area (Å²) < 4.78 is 1.57. The quantitative estimate of drug-likeness (QED) is 0.760. The first-order chi connectivity index (χ1) is 10.5. The van der Waals surface area contributed by atoms with E-state index in [-0.39, 0.29) is 24.2 Å². The summed E-state index contributed by atoms with van der Waals surface area (Å²) in [6.07, 6.45) is 1.64. The number of nitrogens with zero attached hydrogens (tertiary/aromatic N) is 2. The molecule has 124 valence electrons. The van der Waals surface area contributed by atoms with Gasteiger partial charge in [0, 0.05) is 26.3 Å². The summed E-state index contributed by atoms with van der Waals surface area (Å²) >= 11 is 0. The van der Waals surface area contributed by atoms with Crippen LogP contribution in [0.4, 0.5) is 5.69 Å². The van der Waals surface area contributed by atoms with E-state index >= 15 is 0 Å². The minimum Gasteiger partial charge on any atom is -0.351 e. The molecule has 2 rings (SSSR count). The maximum atomic E-state index is 12.3. The van der Waals surface area contributed by atoms with Crippen LogP contribution in [0.2, 0.25) is 0 Å². The van der Waals surface area contributed by atoms with Gasteiger partial charge >= 0.3 is 0 Å². The average molecular weight is 338 g/mol. The van der Waals surface area contributed by atoms with E-state index in [2.05, 4.69) is 15.7 Å². The monoisotopic (exact) mass is 337 g/mol. The van der Waals surface area contributed by atoms with Crippen LogP contribution in [0.3, 0.4) is 0 Å². The molecule has 1 heterocycles. The number of anilines is 1. The van der Waals surface area contributed by atoms with Gasteiger partial charge in [0.1, 0.15) is 0 Å². The summed E-state index contributed by atoms with van der Waals surface area (Å²) in [5.74, 6) is -0.575. The molecule has 0 aliphatic heterocycles. The third-order valence-electron chi connectivity index (χ3n) is 3.11. The normalized spacial score (nSPS) is 9.87. The van der Waals surface area contributed by atoms with Gasteiger partial charge in [-0.3, -0.25) is 14.3 Å². The van der Waals surface area contributed by atoms with Gasteiger partial charge in [0.25, 0.3) is 11.8 Å². The fourth-order valence-electron chi connectivity index (χ4n) is 2.08. The maximum Gasteiger partial charge on any atom is 0.259 e. The molecular weight excluding hydrogens is 318 g/mol. The second kappa shape index (κ2) is 8.30. The van der Waals surface area contributed by atoms with E-state index in [1.54, 1.807) is 49.1 Å². The largest absolute Gasteiger partial charge is 0.351 e. The molecule has 0 saturated carbocycles. The van der Waals surface area contributed by atoms with Crippen molar-refractivity contribution in [3.05, 3.63) is 47.3 Å². The van der Waals surface area contributed by atoms with Crippen molar-refractivity contribution in [2.75, 3.05) is 18.4 Å². The van der Waals surface area contributed by atoms with E-state index < -0.39 is 0 Å². The lowest BCUT2D eigenvalue weighted by atomic mass is 10.1. The summed E-state index contributed by atoms with van der Waals surface area (Å²) in [6, 6.07) is 6.83. The smallest absolute Gasteiger partial charge is 0.259 e. The Hall–Kier alpha value is -2.38. The number of rotatable bonds is 5. The molecule has 23 heavy (non-hydrogen) atoms. The van der Waals surface area contributed by atoms with Gasteiger partial charge in [0.2, 0.25) is 0 Å². The number of amides is 2. The zero-order valence-electron chi connectivity index (χ0n) is 13.0. The van der Waals surface area contributed by atoms with E-state index in [0.29, 0.717) is 35.6 Å². The third-order valence-corrected chi connectivity index (χ3v) is 3.11. The molecule has 7 nitrogen and oxygen atoms in total. The number of hydrogen-bond acceptors (Lipinski definition) is 4. The molecule has 0 aliphatic rings. The van der Waals surface area contributed by atoms with Crippen molar-refractivity contribution in [3.63, 3.8) is 0 Å². The topological polar surface area (TPSA) is 102 Å². The lowest BCUT2D eigenvalue weighted by Gasteiger charge is -2.10. The average Bonchev–Trinajstić information content (AvgIpc) is 2.84. The Morgan fingerprint density at radius 1 is 1.22 bits per heavy atom. The molecule has 2 aromatic rings. The number of nitrogens with two attached hydrogens (primary N) is 1. The van der Waals surface area contributed by atoms with Crippen molar-refractivity contribution in [1.82, 2.24) is 15.1 Å². The van der Waals surface area contributed by atoms with Crippen molar-refractivity contribution in [3.8, 4) is 0 Å². The van der Waals surface area contributed by atoms with E-state index in [9.17, 15) is 9.59 Å². The fraction of sp³-hybridized carbons (Fsp3) is 0.267. The van der Waals surface area contributed by atoms with Crippen LogP contribution in [0.15, 0.2) is 30.5 Å². The highest BCUT2D eigenvalue weighted by molar-refractivity contribution is 6.09. The highest BCUT2D eigenvalue weighted by Gasteiger charge is 2.16. The van der Waals surface area contributed by atoms with Gasteiger partial charge in [-0.25, -0.2) is 0 Å². The number of para-hydroxylation sites is 1. The molecule has 2 amide bonds. The van der Waals surface area contributed by atoms with E-state index in [0.717, 1.165) is 0 Å². The van der Waals surface area contributed by atoms with Gasteiger partial charge in [0.05, 0.1) is 22.5 Å².